The van der Waals surface area contributed by atoms with Gasteiger partial charge in [0.1, 0.15) is 0 Å². The summed E-state index contributed by atoms with van der Waals surface area (Å²) >= 11 is 0. The molecule has 1 heterocycles. The third-order valence-corrected chi connectivity index (χ3v) is 5.14. The van der Waals surface area contributed by atoms with Gasteiger partial charge in [-0.3, -0.25) is 4.79 Å². The van der Waals surface area contributed by atoms with Crippen LogP contribution in [0.4, 0.5) is 0 Å². The molecule has 1 saturated carbocycles. The summed E-state index contributed by atoms with van der Waals surface area (Å²) in [5.74, 6) is 0.780. The van der Waals surface area contributed by atoms with E-state index in [4.69, 9.17) is 0 Å². The van der Waals surface area contributed by atoms with Crippen LogP contribution in [0, 0.1) is 11.3 Å². The molecule has 20 heavy (non-hydrogen) atoms. The first-order valence-corrected chi connectivity index (χ1v) is 7.79. The zero-order valence-electron chi connectivity index (χ0n) is 12.2. The molecule has 2 N–H and O–H groups in total. The maximum absolute atomic E-state index is 12.8. The minimum absolute atomic E-state index is 0.0845. The molecule has 0 bridgehead atoms. The van der Waals surface area contributed by atoms with Crippen molar-refractivity contribution in [2.45, 2.75) is 38.6 Å². The molecule has 0 spiro atoms. The molecule has 3 atom stereocenters. The number of hydrogen-bond donors (Lipinski definition) is 2. The highest BCUT2D eigenvalue weighted by atomic mass is 16.2. The Labute approximate surface area is 121 Å². The highest BCUT2D eigenvalue weighted by Gasteiger charge is 2.49. The van der Waals surface area contributed by atoms with Crippen molar-refractivity contribution in [2.24, 2.45) is 11.3 Å². The lowest BCUT2D eigenvalue weighted by Crippen LogP contribution is -2.48. The van der Waals surface area contributed by atoms with Crippen molar-refractivity contribution in [2.75, 3.05) is 13.1 Å². The summed E-state index contributed by atoms with van der Waals surface area (Å²) in [7, 11) is 0. The molecule has 3 rings (SSSR count). The SMILES string of the molecule is CC(NC(=O)[C@@]12CCCC[C@H]1CNC2)c1ccccc1. The number of amides is 1. The van der Waals surface area contributed by atoms with Crippen LogP contribution in [0.25, 0.3) is 0 Å². The molecule has 2 fully saturated rings. The monoisotopic (exact) mass is 272 g/mol. The number of nitrogens with one attached hydrogen (secondary N) is 2. The van der Waals surface area contributed by atoms with Crippen molar-refractivity contribution >= 4 is 5.91 Å². The lowest BCUT2D eigenvalue weighted by molar-refractivity contribution is -0.134. The summed E-state index contributed by atoms with van der Waals surface area (Å²) in [6, 6.07) is 10.3. The maximum atomic E-state index is 12.8. The van der Waals surface area contributed by atoms with Crippen molar-refractivity contribution in [3.05, 3.63) is 35.9 Å². The minimum atomic E-state index is -0.151. The largest absolute Gasteiger partial charge is 0.349 e. The summed E-state index contributed by atoms with van der Waals surface area (Å²) in [5.41, 5.74) is 1.02. The zero-order chi connectivity index (χ0) is 14.0. The average molecular weight is 272 g/mol. The molecule has 3 heteroatoms. The van der Waals surface area contributed by atoms with Gasteiger partial charge in [-0.05, 0) is 37.8 Å². The van der Waals surface area contributed by atoms with Gasteiger partial charge in [-0.2, -0.15) is 0 Å². The molecule has 0 aromatic heterocycles. The molecule has 1 aliphatic heterocycles. The topological polar surface area (TPSA) is 41.1 Å². The van der Waals surface area contributed by atoms with Crippen LogP contribution in [0.1, 0.15) is 44.2 Å². The van der Waals surface area contributed by atoms with E-state index in [9.17, 15) is 4.79 Å². The molecule has 1 amide bonds. The molecule has 0 radical (unpaired) electrons. The van der Waals surface area contributed by atoms with Gasteiger partial charge < -0.3 is 10.6 Å². The van der Waals surface area contributed by atoms with E-state index in [1.54, 1.807) is 0 Å². The van der Waals surface area contributed by atoms with Crippen LogP contribution in [-0.4, -0.2) is 19.0 Å². The molecule has 1 aromatic carbocycles. The van der Waals surface area contributed by atoms with Crippen LogP contribution in [0.3, 0.4) is 0 Å². The van der Waals surface area contributed by atoms with Crippen molar-refractivity contribution in [1.29, 1.82) is 0 Å². The van der Waals surface area contributed by atoms with E-state index in [1.165, 1.54) is 24.8 Å². The summed E-state index contributed by atoms with van der Waals surface area (Å²) in [4.78, 5) is 12.8. The first-order chi connectivity index (χ1) is 9.72. The van der Waals surface area contributed by atoms with E-state index < -0.39 is 0 Å². The quantitative estimate of drug-likeness (QED) is 0.888. The molecule has 3 nitrogen and oxygen atoms in total. The third-order valence-electron chi connectivity index (χ3n) is 5.14. The summed E-state index contributed by atoms with van der Waals surface area (Å²) in [5, 5.41) is 6.69. The number of carbonyl (C=O) groups excluding carboxylic acids is 1. The Morgan fingerprint density at radius 3 is 2.95 bits per heavy atom. The molecular formula is C17H24N2O. The third kappa shape index (κ3) is 2.35. The molecule has 1 unspecified atom stereocenters. The summed E-state index contributed by atoms with van der Waals surface area (Å²) in [6.45, 7) is 3.93. The number of carbonyl (C=O) groups is 1. The van der Waals surface area contributed by atoms with Gasteiger partial charge in [0.15, 0.2) is 0 Å². The summed E-state index contributed by atoms with van der Waals surface area (Å²) in [6.07, 6.45) is 4.69. The fourth-order valence-electron chi connectivity index (χ4n) is 3.86. The molecule has 1 saturated heterocycles. The fraction of sp³-hybridized carbons (Fsp3) is 0.588. The van der Waals surface area contributed by atoms with E-state index >= 15 is 0 Å². The van der Waals surface area contributed by atoms with Crippen molar-refractivity contribution in [3.63, 3.8) is 0 Å². The number of fused-ring (bicyclic) bond motifs is 1. The molecular weight excluding hydrogens is 248 g/mol. The van der Waals surface area contributed by atoms with Crippen LogP contribution in [0.5, 0.6) is 0 Å². The van der Waals surface area contributed by atoms with E-state index in [2.05, 4.69) is 29.7 Å². The number of rotatable bonds is 3. The van der Waals surface area contributed by atoms with Gasteiger partial charge in [0, 0.05) is 6.54 Å². The highest BCUT2D eigenvalue weighted by Crippen LogP contribution is 2.44. The van der Waals surface area contributed by atoms with Crippen LogP contribution < -0.4 is 10.6 Å². The Hall–Kier alpha value is -1.35. The second-order valence-corrected chi connectivity index (χ2v) is 6.34. The van der Waals surface area contributed by atoms with E-state index in [-0.39, 0.29) is 17.4 Å². The molecule has 1 aliphatic carbocycles. The smallest absolute Gasteiger partial charge is 0.228 e. The Morgan fingerprint density at radius 1 is 1.35 bits per heavy atom. The highest BCUT2D eigenvalue weighted by molar-refractivity contribution is 5.84. The van der Waals surface area contributed by atoms with Gasteiger partial charge in [-0.25, -0.2) is 0 Å². The second kappa shape index (κ2) is 5.57. The van der Waals surface area contributed by atoms with Gasteiger partial charge in [-0.1, -0.05) is 43.2 Å². The lowest BCUT2D eigenvalue weighted by atomic mass is 9.67. The van der Waals surface area contributed by atoms with Gasteiger partial charge in [0.2, 0.25) is 5.91 Å². The predicted octanol–water partition coefficient (Wildman–Crippen LogP) is 2.64. The van der Waals surface area contributed by atoms with Gasteiger partial charge in [-0.15, -0.1) is 0 Å². The second-order valence-electron chi connectivity index (χ2n) is 6.34. The normalized spacial score (nSPS) is 30.6. The predicted molar refractivity (Wildman–Crippen MR) is 80.3 cm³/mol. The number of hydrogen-bond acceptors (Lipinski definition) is 2. The summed E-state index contributed by atoms with van der Waals surface area (Å²) < 4.78 is 0. The Balaban J connectivity index is 1.72. The lowest BCUT2D eigenvalue weighted by Gasteiger charge is -2.38. The standard InChI is InChI=1S/C17H24N2O/c1-13(14-7-3-2-4-8-14)19-16(20)17-10-6-5-9-15(17)11-18-12-17/h2-4,7-8,13,15,18H,5-6,9-12H2,1H3,(H,19,20)/t13?,15-,17+/m0/s1. The number of benzene rings is 1. The molecule has 2 aliphatic rings. The Kier molecular flexibility index (Phi) is 3.79. The van der Waals surface area contributed by atoms with Gasteiger partial charge in [0.05, 0.1) is 11.5 Å². The van der Waals surface area contributed by atoms with Gasteiger partial charge >= 0.3 is 0 Å². The van der Waals surface area contributed by atoms with Crippen LogP contribution in [-0.2, 0) is 4.79 Å². The molecule has 108 valence electrons. The zero-order valence-corrected chi connectivity index (χ0v) is 12.2. The van der Waals surface area contributed by atoms with E-state index in [0.29, 0.717) is 5.92 Å². The maximum Gasteiger partial charge on any atom is 0.228 e. The van der Waals surface area contributed by atoms with Crippen LogP contribution in [0.2, 0.25) is 0 Å². The fourth-order valence-corrected chi connectivity index (χ4v) is 3.86. The van der Waals surface area contributed by atoms with Crippen molar-refractivity contribution < 1.29 is 4.79 Å². The first kappa shape index (κ1) is 13.6. The van der Waals surface area contributed by atoms with Crippen LogP contribution >= 0.6 is 0 Å². The van der Waals surface area contributed by atoms with Crippen molar-refractivity contribution in [1.82, 2.24) is 10.6 Å². The average Bonchev–Trinajstić information content (AvgIpc) is 2.93. The van der Waals surface area contributed by atoms with Gasteiger partial charge in [0.25, 0.3) is 0 Å². The molecule has 1 aromatic rings. The Bertz CT molecular complexity index is 473. The van der Waals surface area contributed by atoms with E-state index in [0.717, 1.165) is 19.5 Å². The van der Waals surface area contributed by atoms with E-state index in [1.807, 2.05) is 18.2 Å². The van der Waals surface area contributed by atoms with Crippen molar-refractivity contribution in [3.8, 4) is 0 Å². The Morgan fingerprint density at radius 2 is 2.15 bits per heavy atom. The minimum Gasteiger partial charge on any atom is -0.349 e. The first-order valence-electron chi connectivity index (χ1n) is 7.79. The van der Waals surface area contributed by atoms with Crippen LogP contribution in [0.15, 0.2) is 30.3 Å².